The van der Waals surface area contributed by atoms with Gasteiger partial charge in [-0.1, -0.05) is 0 Å². The lowest BCUT2D eigenvalue weighted by atomic mass is 10.1. The SMILES string of the molecule is Cc1[nH]c2c(c1C(=O)N1CCCC1)CCC2=O. The van der Waals surface area contributed by atoms with Crippen LogP contribution in [-0.2, 0) is 6.42 Å². The molecule has 1 aliphatic heterocycles. The van der Waals surface area contributed by atoms with Crippen LogP contribution < -0.4 is 0 Å². The number of carbonyl (C=O) groups excluding carboxylic acids is 2. The topological polar surface area (TPSA) is 53.2 Å². The van der Waals surface area contributed by atoms with Gasteiger partial charge in [0.05, 0.1) is 11.3 Å². The Kier molecular flexibility index (Phi) is 2.31. The van der Waals surface area contributed by atoms with Gasteiger partial charge in [-0.2, -0.15) is 0 Å². The van der Waals surface area contributed by atoms with Gasteiger partial charge < -0.3 is 9.88 Å². The average molecular weight is 232 g/mol. The first kappa shape index (κ1) is 10.6. The maximum absolute atomic E-state index is 12.4. The van der Waals surface area contributed by atoms with E-state index < -0.39 is 0 Å². The summed E-state index contributed by atoms with van der Waals surface area (Å²) >= 11 is 0. The second-order valence-electron chi connectivity index (χ2n) is 4.90. The van der Waals surface area contributed by atoms with Crippen LogP contribution in [0.25, 0.3) is 0 Å². The molecule has 4 nitrogen and oxygen atoms in total. The number of ketones is 1. The first-order chi connectivity index (χ1) is 8.18. The lowest BCUT2D eigenvalue weighted by molar-refractivity contribution is 0.0791. The molecule has 1 aliphatic carbocycles. The molecule has 0 atom stereocenters. The van der Waals surface area contributed by atoms with Gasteiger partial charge in [-0.05, 0) is 31.7 Å². The van der Waals surface area contributed by atoms with Crippen LogP contribution in [0.2, 0.25) is 0 Å². The molecule has 1 aromatic rings. The first-order valence-corrected chi connectivity index (χ1v) is 6.22. The lowest BCUT2D eigenvalue weighted by Crippen LogP contribution is -2.28. The number of rotatable bonds is 1. The van der Waals surface area contributed by atoms with E-state index in [1.165, 1.54) is 0 Å². The summed E-state index contributed by atoms with van der Waals surface area (Å²) in [6, 6.07) is 0. The number of nitrogens with one attached hydrogen (secondary N) is 1. The second-order valence-corrected chi connectivity index (χ2v) is 4.90. The molecule has 1 aromatic heterocycles. The highest BCUT2D eigenvalue weighted by Gasteiger charge is 2.31. The van der Waals surface area contributed by atoms with Crippen molar-refractivity contribution in [3.63, 3.8) is 0 Å². The molecule has 1 N–H and O–H groups in total. The molecular formula is C13H16N2O2. The van der Waals surface area contributed by atoms with E-state index in [1.807, 2.05) is 11.8 Å². The number of aromatic nitrogens is 1. The number of Topliss-reactive ketones (excluding diaryl/α,β-unsaturated/α-hetero) is 1. The van der Waals surface area contributed by atoms with Crippen molar-refractivity contribution < 1.29 is 9.59 Å². The fraction of sp³-hybridized carbons (Fsp3) is 0.538. The van der Waals surface area contributed by atoms with Crippen molar-refractivity contribution in [2.45, 2.75) is 32.6 Å². The molecule has 1 fully saturated rings. The molecule has 17 heavy (non-hydrogen) atoms. The normalized spacial score (nSPS) is 18.9. The molecule has 0 saturated carbocycles. The standard InChI is InChI=1S/C13H16N2O2/c1-8-11(13(17)15-6-2-3-7-15)9-4-5-10(16)12(9)14-8/h14H,2-7H2,1H3. The van der Waals surface area contributed by atoms with E-state index in [4.69, 9.17) is 0 Å². The summed E-state index contributed by atoms with van der Waals surface area (Å²) in [4.78, 5) is 29.0. The van der Waals surface area contributed by atoms with E-state index in [-0.39, 0.29) is 11.7 Å². The Morgan fingerprint density at radius 3 is 2.65 bits per heavy atom. The number of H-pyrrole nitrogens is 1. The fourth-order valence-corrected chi connectivity index (χ4v) is 2.90. The zero-order valence-electron chi connectivity index (χ0n) is 10.0. The number of amides is 1. The van der Waals surface area contributed by atoms with E-state index in [2.05, 4.69) is 4.98 Å². The minimum Gasteiger partial charge on any atom is -0.355 e. The molecule has 1 amide bonds. The van der Waals surface area contributed by atoms with Gasteiger partial charge in [0.1, 0.15) is 0 Å². The Morgan fingerprint density at radius 1 is 1.24 bits per heavy atom. The van der Waals surface area contributed by atoms with Crippen molar-refractivity contribution in [3.05, 3.63) is 22.5 Å². The van der Waals surface area contributed by atoms with Crippen LogP contribution in [-0.4, -0.2) is 34.7 Å². The second kappa shape index (κ2) is 3.72. The summed E-state index contributed by atoms with van der Waals surface area (Å²) < 4.78 is 0. The van der Waals surface area contributed by atoms with Crippen LogP contribution in [0.5, 0.6) is 0 Å². The summed E-state index contributed by atoms with van der Waals surface area (Å²) in [5.74, 6) is 0.246. The van der Waals surface area contributed by atoms with Crippen molar-refractivity contribution in [2.24, 2.45) is 0 Å². The van der Waals surface area contributed by atoms with Gasteiger partial charge in [0.25, 0.3) is 5.91 Å². The van der Waals surface area contributed by atoms with Crippen molar-refractivity contribution in [1.29, 1.82) is 0 Å². The third kappa shape index (κ3) is 1.51. The third-order valence-electron chi connectivity index (χ3n) is 3.78. The number of nitrogens with zero attached hydrogens (tertiary/aromatic N) is 1. The van der Waals surface area contributed by atoms with Crippen LogP contribution in [0.1, 0.15) is 51.4 Å². The molecule has 0 spiro atoms. The fourth-order valence-electron chi connectivity index (χ4n) is 2.90. The van der Waals surface area contributed by atoms with Crippen molar-refractivity contribution in [3.8, 4) is 0 Å². The minimum absolute atomic E-state index is 0.104. The number of aromatic amines is 1. The van der Waals surface area contributed by atoms with Gasteiger partial charge in [-0.3, -0.25) is 9.59 Å². The molecular weight excluding hydrogens is 216 g/mol. The highest BCUT2D eigenvalue weighted by atomic mass is 16.2. The van der Waals surface area contributed by atoms with E-state index in [1.54, 1.807) is 0 Å². The van der Waals surface area contributed by atoms with Crippen LogP contribution in [0.3, 0.4) is 0 Å². The van der Waals surface area contributed by atoms with E-state index >= 15 is 0 Å². The molecule has 3 rings (SSSR count). The van der Waals surface area contributed by atoms with Gasteiger partial charge in [0.2, 0.25) is 0 Å². The number of carbonyl (C=O) groups is 2. The lowest BCUT2D eigenvalue weighted by Gasteiger charge is -2.15. The molecule has 4 heteroatoms. The molecule has 0 unspecified atom stereocenters. The highest BCUT2D eigenvalue weighted by Crippen LogP contribution is 2.29. The number of likely N-dealkylation sites (tertiary alicyclic amines) is 1. The quantitative estimate of drug-likeness (QED) is 0.801. The molecule has 1 saturated heterocycles. The molecule has 2 aliphatic rings. The van der Waals surface area contributed by atoms with Crippen LogP contribution >= 0.6 is 0 Å². The van der Waals surface area contributed by atoms with Crippen molar-refractivity contribution >= 4 is 11.7 Å². The maximum atomic E-state index is 12.4. The van der Waals surface area contributed by atoms with Gasteiger partial charge >= 0.3 is 0 Å². The van der Waals surface area contributed by atoms with Crippen molar-refractivity contribution in [2.75, 3.05) is 13.1 Å². The Labute approximate surface area is 100.0 Å². The summed E-state index contributed by atoms with van der Waals surface area (Å²) in [5, 5.41) is 0. The zero-order chi connectivity index (χ0) is 12.0. The van der Waals surface area contributed by atoms with Crippen LogP contribution in [0.15, 0.2) is 0 Å². The molecule has 90 valence electrons. The highest BCUT2D eigenvalue weighted by molar-refractivity contribution is 6.05. The molecule has 0 bridgehead atoms. The Balaban J connectivity index is 2.00. The third-order valence-corrected chi connectivity index (χ3v) is 3.78. The van der Waals surface area contributed by atoms with Gasteiger partial charge in [-0.15, -0.1) is 0 Å². The first-order valence-electron chi connectivity index (χ1n) is 6.22. The predicted octanol–water partition coefficient (Wildman–Crippen LogP) is 1.69. The van der Waals surface area contributed by atoms with Crippen LogP contribution in [0, 0.1) is 6.92 Å². The monoisotopic (exact) mass is 232 g/mol. The van der Waals surface area contributed by atoms with E-state index in [0.29, 0.717) is 18.5 Å². The Bertz CT molecular complexity index is 496. The summed E-state index contributed by atoms with van der Waals surface area (Å²) in [6.07, 6.45) is 3.45. The van der Waals surface area contributed by atoms with Gasteiger partial charge in [0.15, 0.2) is 5.78 Å². The zero-order valence-corrected chi connectivity index (χ0v) is 10.0. The van der Waals surface area contributed by atoms with E-state index in [0.717, 1.165) is 42.8 Å². The number of hydrogen-bond donors (Lipinski definition) is 1. The average Bonchev–Trinajstić information content (AvgIpc) is 2.97. The predicted molar refractivity (Wildman–Crippen MR) is 63.3 cm³/mol. The number of hydrogen-bond acceptors (Lipinski definition) is 2. The Hall–Kier alpha value is -1.58. The minimum atomic E-state index is 0.104. The van der Waals surface area contributed by atoms with Crippen LogP contribution in [0.4, 0.5) is 0 Å². The molecule has 0 radical (unpaired) electrons. The van der Waals surface area contributed by atoms with Gasteiger partial charge in [-0.25, -0.2) is 0 Å². The summed E-state index contributed by atoms with van der Waals surface area (Å²) in [7, 11) is 0. The molecule has 0 aromatic carbocycles. The summed E-state index contributed by atoms with van der Waals surface area (Å²) in [5.41, 5.74) is 3.22. The molecule has 2 heterocycles. The summed E-state index contributed by atoms with van der Waals surface area (Å²) in [6.45, 7) is 3.59. The smallest absolute Gasteiger partial charge is 0.255 e. The maximum Gasteiger partial charge on any atom is 0.255 e. The largest absolute Gasteiger partial charge is 0.355 e. The van der Waals surface area contributed by atoms with E-state index in [9.17, 15) is 9.59 Å². The Morgan fingerprint density at radius 2 is 1.94 bits per heavy atom. The number of aryl methyl sites for hydroxylation is 1. The van der Waals surface area contributed by atoms with Crippen molar-refractivity contribution in [1.82, 2.24) is 9.88 Å². The number of fused-ring (bicyclic) bond motifs is 1. The van der Waals surface area contributed by atoms with Gasteiger partial charge in [0, 0.05) is 25.2 Å².